The molecule has 2 heterocycles. The van der Waals surface area contributed by atoms with Gasteiger partial charge in [-0.2, -0.15) is 0 Å². The standard InChI is InChI=1S/C22H31N3O6S/c1-3-5-12-24(17-11-14-32(29,30)16-17)20(26)15-31-21(27)10-13-25-19-9-7-6-8-18(19)23(4-2)22(25)28/h6-9,17H,3-5,10-16H2,1-2H3. The van der Waals surface area contributed by atoms with Crippen molar-refractivity contribution in [1.29, 1.82) is 0 Å². The van der Waals surface area contributed by atoms with Crippen molar-refractivity contribution in [3.05, 3.63) is 34.7 Å². The Labute approximate surface area is 187 Å². The van der Waals surface area contributed by atoms with Crippen LogP contribution in [-0.4, -0.2) is 65.0 Å². The van der Waals surface area contributed by atoms with Gasteiger partial charge in [-0.1, -0.05) is 25.5 Å². The fourth-order valence-corrected chi connectivity index (χ4v) is 5.89. The lowest BCUT2D eigenvalue weighted by atomic mass is 10.2. The maximum absolute atomic E-state index is 12.7. The van der Waals surface area contributed by atoms with Gasteiger partial charge in [-0.15, -0.1) is 0 Å². The van der Waals surface area contributed by atoms with E-state index < -0.39 is 22.4 Å². The summed E-state index contributed by atoms with van der Waals surface area (Å²) in [4.78, 5) is 39.2. The number of esters is 1. The Hall–Kier alpha value is -2.62. The molecule has 32 heavy (non-hydrogen) atoms. The van der Waals surface area contributed by atoms with E-state index in [0.717, 1.165) is 23.9 Å². The first-order chi connectivity index (χ1) is 15.3. The van der Waals surface area contributed by atoms with Gasteiger partial charge in [-0.3, -0.25) is 18.7 Å². The average molecular weight is 466 g/mol. The van der Waals surface area contributed by atoms with E-state index in [0.29, 0.717) is 19.5 Å². The number of unbranched alkanes of at least 4 members (excludes halogenated alkanes) is 1. The summed E-state index contributed by atoms with van der Waals surface area (Å²) in [6.45, 7) is 4.57. The molecule has 1 aliphatic heterocycles. The van der Waals surface area contributed by atoms with E-state index in [4.69, 9.17) is 4.74 Å². The fourth-order valence-electron chi connectivity index (χ4n) is 4.16. The van der Waals surface area contributed by atoms with Crippen LogP contribution in [0.25, 0.3) is 11.0 Å². The number of carbonyl (C=O) groups excluding carboxylic acids is 2. The van der Waals surface area contributed by atoms with Crippen molar-refractivity contribution in [3.8, 4) is 0 Å². The Morgan fingerprint density at radius 1 is 1.16 bits per heavy atom. The van der Waals surface area contributed by atoms with Crippen molar-refractivity contribution in [1.82, 2.24) is 14.0 Å². The summed E-state index contributed by atoms with van der Waals surface area (Å²) in [7, 11) is -3.13. The van der Waals surface area contributed by atoms with E-state index >= 15 is 0 Å². The number of sulfone groups is 1. The predicted molar refractivity (Wildman–Crippen MR) is 121 cm³/mol. The second-order valence-electron chi connectivity index (χ2n) is 8.08. The summed E-state index contributed by atoms with van der Waals surface area (Å²) in [6, 6.07) is 7.03. The van der Waals surface area contributed by atoms with E-state index in [1.165, 1.54) is 0 Å². The highest BCUT2D eigenvalue weighted by atomic mass is 32.2. The summed E-state index contributed by atoms with van der Waals surface area (Å²) >= 11 is 0. The Morgan fingerprint density at radius 3 is 2.44 bits per heavy atom. The molecular formula is C22H31N3O6S. The minimum absolute atomic E-state index is 0.0409. The lowest BCUT2D eigenvalue weighted by Crippen LogP contribution is -2.44. The molecule has 0 N–H and O–H groups in total. The second kappa shape index (κ2) is 10.3. The van der Waals surface area contributed by atoms with E-state index in [1.807, 2.05) is 38.1 Å². The second-order valence-corrected chi connectivity index (χ2v) is 10.3. The molecule has 2 aromatic rings. The van der Waals surface area contributed by atoms with Gasteiger partial charge in [0.05, 0.1) is 29.0 Å². The first-order valence-electron chi connectivity index (χ1n) is 11.1. The maximum atomic E-state index is 12.7. The van der Waals surface area contributed by atoms with Crippen LogP contribution < -0.4 is 5.69 Å². The third kappa shape index (κ3) is 5.40. The number of fused-ring (bicyclic) bond motifs is 1. The number of aromatic nitrogens is 2. The minimum atomic E-state index is -3.13. The van der Waals surface area contributed by atoms with Gasteiger partial charge < -0.3 is 9.64 Å². The molecule has 3 rings (SSSR count). The molecule has 0 spiro atoms. The summed E-state index contributed by atoms with van der Waals surface area (Å²) < 4.78 is 32.0. The van der Waals surface area contributed by atoms with E-state index in [1.54, 1.807) is 14.0 Å². The molecule has 1 aromatic carbocycles. The molecule has 1 saturated heterocycles. The van der Waals surface area contributed by atoms with Crippen LogP contribution in [0.2, 0.25) is 0 Å². The zero-order valence-electron chi connectivity index (χ0n) is 18.7. The normalized spacial score (nSPS) is 17.5. The first-order valence-corrected chi connectivity index (χ1v) is 12.9. The summed E-state index contributed by atoms with van der Waals surface area (Å²) in [5.41, 5.74) is 1.36. The topological polar surface area (TPSA) is 108 Å². The lowest BCUT2D eigenvalue weighted by Gasteiger charge is -2.28. The highest BCUT2D eigenvalue weighted by molar-refractivity contribution is 7.91. The van der Waals surface area contributed by atoms with Crippen molar-refractivity contribution in [2.75, 3.05) is 24.7 Å². The molecule has 1 unspecified atom stereocenters. The molecule has 1 amide bonds. The minimum Gasteiger partial charge on any atom is -0.456 e. The molecule has 0 saturated carbocycles. The third-order valence-electron chi connectivity index (χ3n) is 5.86. The van der Waals surface area contributed by atoms with Crippen molar-refractivity contribution in [2.24, 2.45) is 0 Å². The highest BCUT2D eigenvalue weighted by Gasteiger charge is 2.34. The number of hydrogen-bond donors (Lipinski definition) is 0. The van der Waals surface area contributed by atoms with Crippen LogP contribution >= 0.6 is 0 Å². The Kier molecular flexibility index (Phi) is 7.76. The lowest BCUT2D eigenvalue weighted by molar-refractivity contribution is -0.153. The molecule has 1 aliphatic rings. The Balaban J connectivity index is 1.59. The Bertz CT molecular complexity index is 1130. The maximum Gasteiger partial charge on any atom is 0.329 e. The van der Waals surface area contributed by atoms with E-state index in [9.17, 15) is 22.8 Å². The number of carbonyl (C=O) groups is 2. The van der Waals surface area contributed by atoms with Gasteiger partial charge >= 0.3 is 11.7 Å². The summed E-state index contributed by atoms with van der Waals surface area (Å²) in [5, 5.41) is 0. The first kappa shape index (κ1) is 24.0. The number of imidazole rings is 1. The zero-order valence-corrected chi connectivity index (χ0v) is 19.5. The van der Waals surface area contributed by atoms with Crippen molar-refractivity contribution in [3.63, 3.8) is 0 Å². The van der Waals surface area contributed by atoms with Crippen LogP contribution in [0, 0.1) is 0 Å². The van der Waals surface area contributed by atoms with Crippen LogP contribution in [0.1, 0.15) is 39.5 Å². The average Bonchev–Trinajstić information content (AvgIpc) is 3.26. The van der Waals surface area contributed by atoms with Gasteiger partial charge in [0.15, 0.2) is 16.4 Å². The number of amides is 1. The molecule has 0 radical (unpaired) electrons. The summed E-state index contributed by atoms with van der Waals surface area (Å²) in [6.07, 6.45) is 1.98. The number of nitrogens with zero attached hydrogens (tertiary/aromatic N) is 3. The molecule has 0 aliphatic carbocycles. The van der Waals surface area contributed by atoms with Gasteiger partial charge in [-0.05, 0) is 31.9 Å². The molecule has 9 nitrogen and oxygen atoms in total. The highest BCUT2D eigenvalue weighted by Crippen LogP contribution is 2.19. The van der Waals surface area contributed by atoms with Crippen molar-refractivity contribution in [2.45, 2.75) is 58.7 Å². The molecular weight excluding hydrogens is 434 g/mol. The zero-order chi connectivity index (χ0) is 23.3. The number of aryl methyl sites for hydroxylation is 2. The predicted octanol–water partition coefficient (Wildman–Crippen LogP) is 1.57. The van der Waals surface area contributed by atoms with Gasteiger partial charge in [0, 0.05) is 25.7 Å². The third-order valence-corrected chi connectivity index (χ3v) is 7.61. The molecule has 10 heteroatoms. The van der Waals surface area contributed by atoms with Crippen LogP contribution in [0.5, 0.6) is 0 Å². The van der Waals surface area contributed by atoms with Crippen LogP contribution in [-0.2, 0) is 37.3 Å². The number of hydrogen-bond acceptors (Lipinski definition) is 6. The summed E-state index contributed by atoms with van der Waals surface area (Å²) in [5.74, 6) is -0.921. The largest absolute Gasteiger partial charge is 0.456 e. The van der Waals surface area contributed by atoms with Gasteiger partial charge in [-0.25, -0.2) is 13.2 Å². The van der Waals surface area contributed by atoms with Crippen LogP contribution in [0.15, 0.2) is 29.1 Å². The molecule has 0 bridgehead atoms. The number of ether oxygens (including phenoxy) is 1. The van der Waals surface area contributed by atoms with E-state index in [-0.39, 0.29) is 42.1 Å². The monoisotopic (exact) mass is 465 g/mol. The van der Waals surface area contributed by atoms with E-state index in [2.05, 4.69) is 0 Å². The smallest absolute Gasteiger partial charge is 0.329 e. The molecule has 1 fully saturated rings. The number of benzene rings is 1. The van der Waals surface area contributed by atoms with Crippen LogP contribution in [0.4, 0.5) is 0 Å². The van der Waals surface area contributed by atoms with Crippen LogP contribution in [0.3, 0.4) is 0 Å². The Morgan fingerprint density at radius 2 is 1.84 bits per heavy atom. The van der Waals surface area contributed by atoms with Gasteiger partial charge in [0.1, 0.15) is 0 Å². The quantitative estimate of drug-likeness (QED) is 0.493. The fraction of sp³-hybridized carbons (Fsp3) is 0.591. The number of rotatable bonds is 10. The molecule has 1 aromatic heterocycles. The van der Waals surface area contributed by atoms with Crippen molar-refractivity contribution < 1.29 is 22.7 Å². The molecule has 1 atom stereocenters. The van der Waals surface area contributed by atoms with Crippen molar-refractivity contribution >= 4 is 32.7 Å². The van der Waals surface area contributed by atoms with Gasteiger partial charge in [0.2, 0.25) is 0 Å². The van der Waals surface area contributed by atoms with Gasteiger partial charge in [0.25, 0.3) is 5.91 Å². The SMILES string of the molecule is CCCCN(C(=O)COC(=O)CCn1c(=O)n(CC)c2ccccc21)C1CCS(=O)(=O)C1. The number of para-hydroxylation sites is 2. The molecule has 176 valence electrons.